The fraction of sp³-hybridized carbons (Fsp3) is 0.364. The minimum atomic E-state index is -0.672. The third-order valence-electron chi connectivity index (χ3n) is 5.43. The summed E-state index contributed by atoms with van der Waals surface area (Å²) in [6.07, 6.45) is 1.14. The molecule has 2 aromatic rings. The molecule has 0 saturated carbocycles. The molecule has 0 N–H and O–H groups in total. The molecule has 1 amide bonds. The van der Waals surface area contributed by atoms with Gasteiger partial charge in [-0.1, -0.05) is 48.0 Å². The van der Waals surface area contributed by atoms with Crippen LogP contribution in [-0.4, -0.2) is 37.0 Å². The van der Waals surface area contributed by atoms with Crippen LogP contribution in [0.2, 0.25) is 0 Å². The average Bonchev–Trinajstić information content (AvgIpc) is 2.69. The van der Waals surface area contributed by atoms with Gasteiger partial charge in [-0.05, 0) is 43.9 Å². The van der Waals surface area contributed by atoms with Crippen molar-refractivity contribution in [1.29, 1.82) is 0 Å². The summed E-state index contributed by atoms with van der Waals surface area (Å²) >= 11 is 0. The minimum Gasteiger partial charge on any atom is -0.468 e. The number of ether oxygens (including phenoxy) is 1. The van der Waals surface area contributed by atoms with E-state index in [1.807, 2.05) is 67.3 Å². The number of rotatable bonds is 3. The van der Waals surface area contributed by atoms with Crippen LogP contribution in [0.25, 0.3) is 0 Å². The van der Waals surface area contributed by atoms with E-state index in [0.717, 1.165) is 22.3 Å². The number of esters is 1. The highest BCUT2D eigenvalue weighted by Crippen LogP contribution is 2.37. The highest BCUT2D eigenvalue weighted by Gasteiger charge is 2.44. The molecule has 136 valence electrons. The van der Waals surface area contributed by atoms with Crippen LogP contribution in [0, 0.1) is 13.8 Å². The van der Waals surface area contributed by atoms with E-state index >= 15 is 0 Å². The van der Waals surface area contributed by atoms with Gasteiger partial charge in [0.15, 0.2) is 0 Å². The maximum absolute atomic E-state index is 13.0. The smallest absolute Gasteiger partial charge is 0.316 e. The summed E-state index contributed by atoms with van der Waals surface area (Å²) in [6, 6.07) is 15.7. The van der Waals surface area contributed by atoms with Crippen molar-refractivity contribution in [2.75, 3.05) is 20.2 Å². The van der Waals surface area contributed by atoms with Crippen molar-refractivity contribution >= 4 is 11.9 Å². The standard InChI is InChI=1S/C22H25NO3/c1-16-9-10-17(2)19(15-16)20(24)23-13-11-22(12-14-23,21(25)26-3)18-7-5-4-6-8-18/h4-10,15H,11-14H2,1-3H3. The van der Waals surface area contributed by atoms with E-state index < -0.39 is 5.41 Å². The van der Waals surface area contributed by atoms with Crippen molar-refractivity contribution in [3.8, 4) is 0 Å². The lowest BCUT2D eigenvalue weighted by Gasteiger charge is -2.40. The summed E-state index contributed by atoms with van der Waals surface area (Å²) in [5, 5.41) is 0. The van der Waals surface area contributed by atoms with E-state index in [2.05, 4.69) is 0 Å². The molecule has 1 aliphatic heterocycles. The third kappa shape index (κ3) is 3.24. The molecule has 1 aliphatic rings. The first-order valence-electron chi connectivity index (χ1n) is 8.98. The van der Waals surface area contributed by atoms with Gasteiger partial charge in [-0.2, -0.15) is 0 Å². The van der Waals surface area contributed by atoms with Crippen LogP contribution in [0.15, 0.2) is 48.5 Å². The summed E-state index contributed by atoms with van der Waals surface area (Å²) in [4.78, 5) is 27.4. The molecule has 0 spiro atoms. The van der Waals surface area contributed by atoms with Gasteiger partial charge < -0.3 is 9.64 Å². The van der Waals surface area contributed by atoms with Gasteiger partial charge in [-0.3, -0.25) is 9.59 Å². The Labute approximate surface area is 154 Å². The first-order valence-corrected chi connectivity index (χ1v) is 8.98. The van der Waals surface area contributed by atoms with Gasteiger partial charge in [0.05, 0.1) is 12.5 Å². The van der Waals surface area contributed by atoms with E-state index in [9.17, 15) is 9.59 Å². The fourth-order valence-electron chi connectivity index (χ4n) is 3.79. The van der Waals surface area contributed by atoms with Crippen LogP contribution < -0.4 is 0 Å². The molecule has 0 unspecified atom stereocenters. The molecule has 1 fully saturated rings. The van der Waals surface area contributed by atoms with E-state index in [0.29, 0.717) is 25.9 Å². The van der Waals surface area contributed by atoms with Gasteiger partial charge >= 0.3 is 5.97 Å². The predicted octanol–water partition coefficient (Wildman–Crippen LogP) is 3.65. The zero-order valence-electron chi connectivity index (χ0n) is 15.6. The van der Waals surface area contributed by atoms with Crippen LogP contribution >= 0.6 is 0 Å². The summed E-state index contributed by atoms with van der Waals surface area (Å²) in [7, 11) is 1.43. The SMILES string of the molecule is COC(=O)C1(c2ccccc2)CCN(C(=O)c2cc(C)ccc2C)CC1. The molecular weight excluding hydrogens is 326 g/mol. The number of amides is 1. The molecule has 4 nitrogen and oxygen atoms in total. The van der Waals surface area contributed by atoms with Crippen molar-refractivity contribution < 1.29 is 14.3 Å². The number of carbonyl (C=O) groups is 2. The maximum Gasteiger partial charge on any atom is 0.316 e. The Kier molecular flexibility index (Phi) is 5.12. The van der Waals surface area contributed by atoms with Crippen molar-refractivity contribution in [2.24, 2.45) is 0 Å². The first kappa shape index (κ1) is 18.2. The molecule has 1 heterocycles. The van der Waals surface area contributed by atoms with Gasteiger partial charge in [-0.25, -0.2) is 0 Å². The van der Waals surface area contributed by atoms with Crippen molar-refractivity contribution in [3.63, 3.8) is 0 Å². The Morgan fingerprint density at radius 2 is 1.65 bits per heavy atom. The van der Waals surface area contributed by atoms with Crippen LogP contribution in [0.5, 0.6) is 0 Å². The van der Waals surface area contributed by atoms with Crippen molar-refractivity contribution in [1.82, 2.24) is 4.90 Å². The number of nitrogens with zero attached hydrogens (tertiary/aromatic N) is 1. The highest BCUT2D eigenvalue weighted by atomic mass is 16.5. The molecule has 2 aromatic carbocycles. The number of carbonyl (C=O) groups excluding carboxylic acids is 2. The monoisotopic (exact) mass is 351 g/mol. The predicted molar refractivity (Wildman–Crippen MR) is 101 cm³/mol. The summed E-state index contributed by atoms with van der Waals surface area (Å²) < 4.78 is 5.12. The maximum atomic E-state index is 13.0. The molecule has 0 aliphatic carbocycles. The fourth-order valence-corrected chi connectivity index (χ4v) is 3.79. The van der Waals surface area contributed by atoms with Gasteiger partial charge in [0, 0.05) is 18.7 Å². The van der Waals surface area contributed by atoms with E-state index in [1.165, 1.54) is 7.11 Å². The van der Waals surface area contributed by atoms with Crippen molar-refractivity contribution in [3.05, 3.63) is 70.8 Å². The zero-order chi connectivity index (χ0) is 18.7. The average molecular weight is 351 g/mol. The Balaban J connectivity index is 1.83. The van der Waals surface area contributed by atoms with Crippen LogP contribution in [0.3, 0.4) is 0 Å². The minimum absolute atomic E-state index is 0.0396. The normalized spacial score (nSPS) is 16.2. The highest BCUT2D eigenvalue weighted by molar-refractivity contribution is 5.96. The largest absolute Gasteiger partial charge is 0.468 e. The first-order chi connectivity index (χ1) is 12.5. The van der Waals surface area contributed by atoms with E-state index in [-0.39, 0.29) is 11.9 Å². The lowest BCUT2D eigenvalue weighted by molar-refractivity contribution is -0.149. The lowest BCUT2D eigenvalue weighted by Crippen LogP contribution is -2.49. The number of hydrogen-bond donors (Lipinski definition) is 0. The molecule has 26 heavy (non-hydrogen) atoms. The number of likely N-dealkylation sites (tertiary alicyclic amines) is 1. The van der Waals surface area contributed by atoms with Crippen molar-refractivity contribution in [2.45, 2.75) is 32.1 Å². The molecule has 0 atom stereocenters. The second-order valence-electron chi connectivity index (χ2n) is 7.05. The van der Waals surface area contributed by atoms with Crippen LogP contribution in [0.1, 0.15) is 39.9 Å². The topological polar surface area (TPSA) is 46.6 Å². The summed E-state index contributed by atoms with van der Waals surface area (Å²) in [5.74, 6) is -0.180. The molecule has 0 bridgehead atoms. The number of piperidine rings is 1. The van der Waals surface area contributed by atoms with Crippen LogP contribution in [-0.2, 0) is 14.9 Å². The van der Waals surface area contributed by atoms with E-state index in [1.54, 1.807) is 0 Å². The quantitative estimate of drug-likeness (QED) is 0.793. The Morgan fingerprint density at radius 3 is 2.27 bits per heavy atom. The molecule has 3 rings (SSSR count). The number of aryl methyl sites for hydroxylation is 2. The number of hydrogen-bond acceptors (Lipinski definition) is 3. The lowest BCUT2D eigenvalue weighted by atomic mass is 9.72. The second kappa shape index (κ2) is 7.32. The number of methoxy groups -OCH3 is 1. The van der Waals surface area contributed by atoms with Gasteiger partial charge in [0.1, 0.15) is 0 Å². The molecular formula is C22H25NO3. The summed E-state index contributed by atoms with van der Waals surface area (Å²) in [6.45, 7) is 5.02. The van der Waals surface area contributed by atoms with Crippen LogP contribution in [0.4, 0.5) is 0 Å². The Hall–Kier alpha value is -2.62. The van der Waals surface area contributed by atoms with Gasteiger partial charge in [0.25, 0.3) is 5.91 Å². The molecule has 4 heteroatoms. The molecule has 0 aromatic heterocycles. The van der Waals surface area contributed by atoms with E-state index in [4.69, 9.17) is 4.74 Å². The Morgan fingerprint density at radius 1 is 1.00 bits per heavy atom. The molecule has 0 radical (unpaired) electrons. The number of benzene rings is 2. The summed E-state index contributed by atoms with van der Waals surface area (Å²) in [5.41, 5.74) is 3.09. The van der Waals surface area contributed by atoms with Gasteiger partial charge in [0.2, 0.25) is 0 Å². The third-order valence-corrected chi connectivity index (χ3v) is 5.43. The second-order valence-corrected chi connectivity index (χ2v) is 7.05. The Bertz CT molecular complexity index is 805. The zero-order valence-corrected chi connectivity index (χ0v) is 15.6. The molecule has 1 saturated heterocycles. The van der Waals surface area contributed by atoms with Gasteiger partial charge in [-0.15, -0.1) is 0 Å².